The van der Waals surface area contributed by atoms with Crippen LogP contribution >= 0.6 is 0 Å². The monoisotopic (exact) mass is 2030 g/mol. The van der Waals surface area contributed by atoms with Crippen LogP contribution in [0.15, 0.2) is 23.8 Å². The molecule has 3 aliphatic heterocycles. The molecule has 0 aromatic heterocycles. The molecule has 7 aliphatic rings. The predicted octanol–water partition coefficient (Wildman–Crippen LogP) is 2.07. The highest BCUT2D eigenvalue weighted by atomic mass is 16.7. The molecular formula is C101H175N9O32. The van der Waals surface area contributed by atoms with Crippen molar-refractivity contribution in [1.29, 1.82) is 0 Å². The average Bonchev–Trinajstić information content (AvgIpc) is 1.42. The number of fused-ring (bicyclic) bond motifs is 5. The molecule has 3 saturated heterocycles. The molecule has 0 aromatic rings. The van der Waals surface area contributed by atoms with E-state index in [1.807, 2.05) is 6.92 Å². The molecule has 41 nitrogen and oxygen atoms in total. The van der Waals surface area contributed by atoms with E-state index in [9.17, 15) is 109 Å². The van der Waals surface area contributed by atoms with Crippen LogP contribution in [0.25, 0.3) is 0 Å². The number of nitrogens with one attached hydrogen (secondary N) is 9. The third kappa shape index (κ3) is 42.2. The molecule has 0 radical (unpaired) electrons. The number of allylic oxidation sites excluding steroid dienone is 3. The highest BCUT2D eigenvalue weighted by Crippen LogP contribution is 2.67. The van der Waals surface area contributed by atoms with E-state index < -0.39 is 154 Å². The van der Waals surface area contributed by atoms with E-state index in [0.29, 0.717) is 82.0 Å². The summed E-state index contributed by atoms with van der Waals surface area (Å²) in [5.41, 5.74) is -0.156. The highest BCUT2D eigenvalue weighted by molar-refractivity contribution is 5.85. The van der Waals surface area contributed by atoms with Crippen LogP contribution in [0.5, 0.6) is 0 Å². The second-order valence-corrected chi connectivity index (χ2v) is 40.1. The fourth-order valence-corrected chi connectivity index (χ4v) is 20.7. The van der Waals surface area contributed by atoms with Crippen LogP contribution in [0.3, 0.4) is 0 Å². The number of esters is 1. The van der Waals surface area contributed by atoms with Crippen LogP contribution in [0.1, 0.15) is 278 Å². The van der Waals surface area contributed by atoms with Gasteiger partial charge in [-0.2, -0.15) is 0 Å². The van der Waals surface area contributed by atoms with Gasteiger partial charge in [0.1, 0.15) is 84.9 Å². The lowest BCUT2D eigenvalue weighted by atomic mass is 9.47. The Morgan fingerprint density at radius 3 is 1.23 bits per heavy atom. The zero-order valence-corrected chi connectivity index (χ0v) is 84.6. The molecule has 4 aliphatic carbocycles. The summed E-state index contributed by atoms with van der Waals surface area (Å²) in [6, 6.07) is 0. The second-order valence-electron chi connectivity index (χ2n) is 40.1. The molecule has 0 unspecified atom stereocenters. The van der Waals surface area contributed by atoms with Crippen LogP contribution < -0.4 is 47.9 Å². The van der Waals surface area contributed by atoms with Crippen molar-refractivity contribution in [2.24, 2.45) is 40.4 Å². The third-order valence-corrected chi connectivity index (χ3v) is 29.2. The first-order chi connectivity index (χ1) is 68.3. The largest absolute Gasteiger partial charge is 0.462 e. The quantitative estimate of drug-likeness (QED) is 0.0235. The van der Waals surface area contributed by atoms with E-state index in [1.165, 1.54) is 63.4 Å². The van der Waals surface area contributed by atoms with Gasteiger partial charge in [0.05, 0.1) is 66.0 Å². The zero-order chi connectivity index (χ0) is 103. The van der Waals surface area contributed by atoms with E-state index in [0.717, 1.165) is 77.0 Å². The Bertz CT molecular complexity index is 3530. The van der Waals surface area contributed by atoms with Crippen molar-refractivity contribution in [3.05, 3.63) is 23.8 Å². The van der Waals surface area contributed by atoms with Crippen molar-refractivity contribution >= 4 is 59.1 Å². The van der Waals surface area contributed by atoms with E-state index in [1.54, 1.807) is 0 Å². The van der Waals surface area contributed by atoms with Crippen molar-refractivity contribution in [2.45, 2.75) is 382 Å². The first kappa shape index (κ1) is 122. The third-order valence-electron chi connectivity index (χ3n) is 29.2. The molecule has 6 fully saturated rings. The Morgan fingerprint density at radius 1 is 0.408 bits per heavy atom. The summed E-state index contributed by atoms with van der Waals surface area (Å²) in [4.78, 5) is 133. The van der Waals surface area contributed by atoms with Crippen molar-refractivity contribution in [1.82, 2.24) is 47.9 Å². The number of amides is 9. The first-order valence-electron chi connectivity index (χ1n) is 52.8. The number of ether oxygens (including phenoxy) is 10. The number of unbranched alkanes of at least 4 members (excludes halogenated alkanes) is 14. The van der Waals surface area contributed by atoms with Crippen molar-refractivity contribution in [3.8, 4) is 0 Å². The van der Waals surface area contributed by atoms with Crippen LogP contribution in [-0.4, -0.2) is 356 Å². The smallest absolute Gasteiger partial charge is 0.306 e. The summed E-state index contributed by atoms with van der Waals surface area (Å²) in [5.74, 6) is -2.03. The van der Waals surface area contributed by atoms with E-state index in [4.69, 9.17) is 47.4 Å². The standard InChI is InChI=1S/C101H175N9O32/c1-5-6-7-8-9-10-11-12-13-14-15-16-17-18-19-34-85(122)139-69-39-44-99(3)68(59-69)35-36-70-72-38-37-71(100(72,4)45-40-73(70)99)67(2)95(132)108-46-26-33-80(117)109-60-84(121)110-101(64-133-56-41-81(118)105-50-27-47-102-77(114)30-20-23-53-136-96-92(129)89(126)86(123)74(61-111)140-96,65-134-57-42-82(119)106-51-28-48-103-78(115)31-21-24-54-137-97-93(130)90(127)87(124)75(62-112)141-97)66-135-58-43-83(120)107-52-29-49-104-79(116)32-22-25-55-138-98-94(131)91(128)88(125)76(63-113)142-98/h12-13,35,67,69-76,86-94,96-98,111-113,123-131H,5-11,14-34,36-66H2,1-4H3,(H,102,114)(H,103,115)(H,104,116)(H,105,118)(H,106,119)(H,107,120)(H,108,132)(H,109,117)(H,110,121)/b13-12+/t67-,69-,70-,71+,72-,73-,74+,75+,76+,86-,87-,88-,89-,90-,91-,92+,93+,94+,96+,97+,98+,99-,100+/m0/s1. The Hall–Kier alpha value is -6.66. The zero-order valence-electron chi connectivity index (χ0n) is 84.6. The van der Waals surface area contributed by atoms with E-state index >= 15 is 0 Å². The summed E-state index contributed by atoms with van der Waals surface area (Å²) in [6.45, 7) is 6.57. The highest BCUT2D eigenvalue weighted by Gasteiger charge is 2.60. The van der Waals surface area contributed by atoms with Gasteiger partial charge in [-0.3, -0.25) is 47.9 Å². The van der Waals surface area contributed by atoms with Gasteiger partial charge in [0, 0.05) is 129 Å². The van der Waals surface area contributed by atoms with Gasteiger partial charge in [0.2, 0.25) is 53.2 Å². The van der Waals surface area contributed by atoms with Gasteiger partial charge in [0.25, 0.3) is 0 Å². The summed E-state index contributed by atoms with van der Waals surface area (Å²) in [6.07, 6.45) is 13.1. The molecule has 0 spiro atoms. The molecule has 7 rings (SSSR count). The average molecular weight is 2030 g/mol. The number of hydrogen-bond donors (Lipinski definition) is 21. The molecule has 23 atom stereocenters. The van der Waals surface area contributed by atoms with Gasteiger partial charge < -0.3 is 156 Å². The molecular weight excluding hydrogens is 1850 g/mol. The number of carbonyl (C=O) groups is 10. The lowest BCUT2D eigenvalue weighted by Crippen LogP contribution is -2.60. The minimum Gasteiger partial charge on any atom is -0.462 e. The van der Waals surface area contributed by atoms with Gasteiger partial charge >= 0.3 is 5.97 Å². The molecule has 816 valence electrons. The minimum absolute atomic E-state index is 0.0312. The normalized spacial score (nSPS) is 28.2. The van der Waals surface area contributed by atoms with Crippen molar-refractivity contribution < 1.29 is 157 Å². The van der Waals surface area contributed by atoms with Crippen LogP contribution in [-0.2, 0) is 95.3 Å². The van der Waals surface area contributed by atoms with Crippen LogP contribution in [0.4, 0.5) is 0 Å². The number of rotatable bonds is 73. The van der Waals surface area contributed by atoms with Crippen molar-refractivity contribution in [3.63, 3.8) is 0 Å². The summed E-state index contributed by atoms with van der Waals surface area (Å²) < 4.78 is 57.1. The van der Waals surface area contributed by atoms with Gasteiger partial charge in [-0.25, -0.2) is 0 Å². The first-order valence-corrected chi connectivity index (χ1v) is 52.8. The number of aliphatic hydroxyl groups excluding tert-OH is 12. The van der Waals surface area contributed by atoms with Gasteiger partial charge in [-0.15, -0.1) is 0 Å². The minimum atomic E-state index is -1.61. The SMILES string of the molecule is CCCCCCCC/C=C/CCCCCCCC(=O)O[C@H]1CC[C@@]2(C)C(=CC[C@H]3[C@@H]4CC[C@H]([C@H](C)C(=O)NCCCC(=O)NCC(=O)NC(COCCC(=O)NCCCNC(=O)CCCCO[C@@H]5O[C@H](CO)[C@H](O)[C@H](O)[C@H]5O)(COCCC(=O)NCCCNC(=O)CCCCO[C@@H]5O[C@H](CO)[C@H](O)[C@H](O)[C@H]5O)COCCC(=O)NCCCNC(=O)CCCCO[C@@H]5O[C@H](CO)[C@H](O)[C@H](O)[C@H]5O)[C@@]4(C)CC[C@@H]32)C1. The Morgan fingerprint density at radius 2 is 0.796 bits per heavy atom. The number of hydrogen-bond acceptors (Lipinski definition) is 32. The lowest BCUT2D eigenvalue weighted by molar-refractivity contribution is -0.301. The summed E-state index contributed by atoms with van der Waals surface area (Å²) >= 11 is 0. The molecule has 9 amide bonds. The summed E-state index contributed by atoms with van der Waals surface area (Å²) in [5, 5.41) is 145. The topological polar surface area (TPSA) is 614 Å². The maximum Gasteiger partial charge on any atom is 0.306 e. The fraction of sp³-hybridized carbons (Fsp3) is 0.861. The van der Waals surface area contributed by atoms with E-state index in [-0.39, 0.29) is 215 Å². The molecule has 41 heteroatoms. The molecule has 142 heavy (non-hydrogen) atoms. The Labute approximate surface area is 837 Å². The Kier molecular flexibility index (Phi) is 58.0. The van der Waals surface area contributed by atoms with Gasteiger partial charge in [0.15, 0.2) is 18.9 Å². The lowest BCUT2D eigenvalue weighted by Gasteiger charge is -2.58. The molecule has 0 aromatic carbocycles. The van der Waals surface area contributed by atoms with Crippen molar-refractivity contribution in [2.75, 3.05) is 132 Å². The summed E-state index contributed by atoms with van der Waals surface area (Å²) in [7, 11) is 0. The van der Waals surface area contributed by atoms with Crippen LogP contribution in [0.2, 0.25) is 0 Å². The van der Waals surface area contributed by atoms with Crippen LogP contribution in [0, 0.1) is 40.4 Å². The number of carbonyl (C=O) groups excluding carboxylic acids is 10. The second kappa shape index (κ2) is 67.3. The molecule has 0 bridgehead atoms. The maximum atomic E-state index is 14.3. The van der Waals surface area contributed by atoms with E-state index in [2.05, 4.69) is 86.9 Å². The Balaban J connectivity index is 0.880. The predicted molar refractivity (Wildman–Crippen MR) is 519 cm³/mol. The van der Waals surface area contributed by atoms with Gasteiger partial charge in [-0.05, 0) is 176 Å². The van der Waals surface area contributed by atoms with Gasteiger partial charge in [-0.1, -0.05) is 103 Å². The molecule has 3 saturated carbocycles. The fourth-order valence-electron chi connectivity index (χ4n) is 20.7. The molecule has 3 heterocycles. The molecule has 21 N–H and O–H groups in total. The maximum absolute atomic E-state index is 14.3. The number of aliphatic hydroxyl groups is 12.